The first-order valence-corrected chi connectivity index (χ1v) is 16.3. The zero-order chi connectivity index (χ0) is 27.4. The van der Waals surface area contributed by atoms with Crippen LogP contribution < -0.4 is 15.1 Å². The number of rotatable bonds is 7. The van der Waals surface area contributed by atoms with E-state index in [2.05, 4.69) is 48.3 Å². The average molecular weight is 570 g/mol. The molecule has 4 unspecified atom stereocenters. The number of fused-ring (bicyclic) bond motifs is 7. The van der Waals surface area contributed by atoms with E-state index in [4.69, 9.17) is 0 Å². The second kappa shape index (κ2) is 10.4. The number of nitrogens with one attached hydrogen (secondary N) is 1. The fraction of sp³-hybridized carbons (Fsp3) is 0.394. The zero-order valence-corrected chi connectivity index (χ0v) is 24.6. The lowest BCUT2D eigenvalue weighted by Crippen LogP contribution is -2.35. The van der Waals surface area contributed by atoms with E-state index in [-0.39, 0.29) is 23.2 Å². The molecule has 7 heteroatoms. The molecule has 1 aliphatic heterocycles. The Morgan fingerprint density at radius 3 is 2.52 bits per heavy atom. The van der Waals surface area contributed by atoms with Crippen LogP contribution in [0.15, 0.2) is 76.6 Å². The number of benzene rings is 3. The maximum absolute atomic E-state index is 13.5. The van der Waals surface area contributed by atoms with Gasteiger partial charge in [0.25, 0.3) is 0 Å². The third-order valence-corrected chi connectivity index (χ3v) is 12.3. The van der Waals surface area contributed by atoms with E-state index in [0.717, 1.165) is 45.4 Å². The summed E-state index contributed by atoms with van der Waals surface area (Å²) in [6.45, 7) is 6.40. The van der Waals surface area contributed by atoms with Gasteiger partial charge in [-0.1, -0.05) is 59.9 Å². The summed E-state index contributed by atoms with van der Waals surface area (Å²) in [5, 5.41) is 6.72. The zero-order valence-electron chi connectivity index (χ0n) is 23.0. The van der Waals surface area contributed by atoms with Crippen molar-refractivity contribution in [1.29, 1.82) is 0 Å². The van der Waals surface area contributed by atoms with Crippen LogP contribution >= 0.6 is 23.1 Å². The molecule has 3 aliphatic rings. The fourth-order valence-electron chi connectivity index (χ4n) is 7.61. The summed E-state index contributed by atoms with van der Waals surface area (Å²) in [4.78, 5) is 30.3. The Morgan fingerprint density at radius 1 is 0.975 bits per heavy atom. The van der Waals surface area contributed by atoms with Crippen LogP contribution in [0.2, 0.25) is 0 Å². The predicted molar refractivity (Wildman–Crippen MR) is 167 cm³/mol. The molecule has 0 spiro atoms. The Labute approximate surface area is 243 Å². The molecular formula is C33H35N3O2S2. The van der Waals surface area contributed by atoms with Crippen LogP contribution in [0.4, 0.5) is 11.4 Å². The topological polar surface area (TPSA) is 54.3 Å². The molecular weight excluding hydrogens is 535 g/mol. The standard InChI is InChI=1S/C33H35N3O2S2/c1-3-35(4-2)24-16-14-21(15-17-24)28-29-22-12-13-23(18-22)30(29)39-32-31(28)40-33(38)36(32)19-27(37)34-26-11-7-9-20-8-5-6-10-25(20)26/h5-11,14-17,22-23,28-30H,3-4,12-13,18-19H2,1-2H3,(H,34,37)/t22?,23?,28-,29?,30?/m0/s1. The number of thioether (sulfide) groups is 1. The monoisotopic (exact) mass is 569 g/mol. The van der Waals surface area contributed by atoms with Crippen molar-refractivity contribution in [1.82, 2.24) is 4.57 Å². The minimum atomic E-state index is -0.158. The van der Waals surface area contributed by atoms with Crippen molar-refractivity contribution in [3.8, 4) is 0 Å². The van der Waals surface area contributed by atoms with Gasteiger partial charge < -0.3 is 10.2 Å². The fourth-order valence-corrected chi connectivity index (χ4v) is 10.8. The Hall–Kier alpha value is -3.03. The van der Waals surface area contributed by atoms with E-state index in [1.807, 2.05) is 54.2 Å². The Kier molecular flexibility index (Phi) is 6.75. The number of nitrogens with zero attached hydrogens (tertiary/aromatic N) is 2. The van der Waals surface area contributed by atoms with Crippen molar-refractivity contribution < 1.29 is 4.79 Å². The molecule has 3 aromatic carbocycles. The van der Waals surface area contributed by atoms with Gasteiger partial charge in [-0.15, -0.1) is 11.8 Å². The summed E-state index contributed by atoms with van der Waals surface area (Å²) in [6.07, 6.45) is 3.90. The molecule has 0 radical (unpaired) electrons. The Bertz CT molecular complexity index is 1620. The SMILES string of the molecule is CCN(CC)c1ccc([C@@H]2c3sc(=O)n(CC(=O)Nc4cccc5ccccc45)c3SC3C4CCC(C4)C32)cc1. The van der Waals surface area contributed by atoms with Crippen LogP contribution in [-0.2, 0) is 11.3 Å². The van der Waals surface area contributed by atoms with Crippen molar-refractivity contribution in [2.24, 2.45) is 17.8 Å². The molecule has 5 atom stereocenters. The summed E-state index contributed by atoms with van der Waals surface area (Å²) in [5.41, 5.74) is 3.35. The molecule has 1 N–H and O–H groups in total. The minimum absolute atomic E-state index is 0.0253. The lowest BCUT2D eigenvalue weighted by atomic mass is 9.75. The van der Waals surface area contributed by atoms with Gasteiger partial charge in [-0.3, -0.25) is 14.2 Å². The predicted octanol–water partition coefficient (Wildman–Crippen LogP) is 7.20. The van der Waals surface area contributed by atoms with Crippen LogP contribution in [0.5, 0.6) is 0 Å². The number of aromatic nitrogens is 1. The van der Waals surface area contributed by atoms with Crippen molar-refractivity contribution in [3.05, 3.63) is 86.8 Å². The van der Waals surface area contributed by atoms with Gasteiger partial charge in [0, 0.05) is 45.9 Å². The third kappa shape index (κ3) is 4.29. The van der Waals surface area contributed by atoms with Gasteiger partial charge in [0.1, 0.15) is 6.54 Å². The molecule has 0 saturated heterocycles. The van der Waals surface area contributed by atoms with E-state index in [9.17, 15) is 9.59 Å². The van der Waals surface area contributed by atoms with Gasteiger partial charge in [-0.25, -0.2) is 0 Å². The third-order valence-electron chi connectivity index (χ3n) is 9.44. The van der Waals surface area contributed by atoms with Crippen LogP contribution in [0.1, 0.15) is 49.5 Å². The van der Waals surface area contributed by atoms with Crippen LogP contribution in [-0.4, -0.2) is 28.8 Å². The number of anilines is 2. The second-order valence-electron chi connectivity index (χ2n) is 11.4. The lowest BCUT2D eigenvalue weighted by Gasteiger charge is -2.40. The van der Waals surface area contributed by atoms with Gasteiger partial charge in [0.2, 0.25) is 5.91 Å². The summed E-state index contributed by atoms with van der Waals surface area (Å²) in [7, 11) is 0. The molecule has 5 nitrogen and oxygen atoms in total. The smallest absolute Gasteiger partial charge is 0.308 e. The second-order valence-corrected chi connectivity index (χ2v) is 13.6. The van der Waals surface area contributed by atoms with E-state index < -0.39 is 0 Å². The van der Waals surface area contributed by atoms with E-state index >= 15 is 0 Å². The number of hydrogen-bond acceptors (Lipinski definition) is 5. The highest BCUT2D eigenvalue weighted by Crippen LogP contribution is 2.64. The largest absolute Gasteiger partial charge is 0.372 e. The minimum Gasteiger partial charge on any atom is -0.372 e. The van der Waals surface area contributed by atoms with Crippen molar-refractivity contribution in [3.63, 3.8) is 0 Å². The molecule has 2 bridgehead atoms. The first-order valence-electron chi connectivity index (χ1n) is 14.6. The highest BCUT2D eigenvalue weighted by atomic mass is 32.2. The van der Waals surface area contributed by atoms with Crippen LogP contribution in [0.3, 0.4) is 0 Å². The quantitative estimate of drug-likeness (QED) is 0.256. The number of amides is 1. The number of thiazole rings is 1. The molecule has 2 aliphatic carbocycles. The van der Waals surface area contributed by atoms with Gasteiger partial charge in [-0.2, -0.15) is 0 Å². The summed E-state index contributed by atoms with van der Waals surface area (Å²) in [5.74, 6) is 2.06. The van der Waals surface area contributed by atoms with Crippen LogP contribution in [0, 0.1) is 17.8 Å². The van der Waals surface area contributed by atoms with Gasteiger partial charge in [0.05, 0.1) is 5.03 Å². The van der Waals surface area contributed by atoms with E-state index in [0.29, 0.717) is 17.1 Å². The maximum Gasteiger partial charge on any atom is 0.308 e. The van der Waals surface area contributed by atoms with Gasteiger partial charge in [-0.05, 0) is 80.0 Å². The molecule has 2 heterocycles. The summed E-state index contributed by atoms with van der Waals surface area (Å²) < 4.78 is 1.75. The van der Waals surface area contributed by atoms with Crippen molar-refractivity contribution in [2.75, 3.05) is 23.3 Å². The average Bonchev–Trinajstić information content (AvgIpc) is 3.67. The molecule has 1 aromatic heterocycles. The van der Waals surface area contributed by atoms with Gasteiger partial charge >= 0.3 is 4.87 Å². The van der Waals surface area contributed by atoms with Crippen LogP contribution in [0.25, 0.3) is 10.8 Å². The molecule has 4 aromatic rings. The lowest BCUT2D eigenvalue weighted by molar-refractivity contribution is -0.116. The Morgan fingerprint density at radius 2 is 1.73 bits per heavy atom. The molecule has 1 amide bonds. The van der Waals surface area contributed by atoms with Crippen molar-refractivity contribution in [2.45, 2.75) is 55.8 Å². The molecule has 2 fully saturated rings. The van der Waals surface area contributed by atoms with E-state index in [1.54, 1.807) is 4.57 Å². The first kappa shape index (κ1) is 25.9. The van der Waals surface area contributed by atoms with E-state index in [1.165, 1.54) is 41.9 Å². The number of carbonyl (C=O) groups is 1. The first-order chi connectivity index (χ1) is 19.6. The summed E-state index contributed by atoms with van der Waals surface area (Å²) >= 11 is 3.25. The molecule has 40 heavy (non-hydrogen) atoms. The maximum atomic E-state index is 13.5. The normalized spacial score (nSPS) is 24.6. The highest BCUT2D eigenvalue weighted by Gasteiger charge is 2.55. The van der Waals surface area contributed by atoms with Crippen molar-refractivity contribution >= 4 is 51.2 Å². The molecule has 206 valence electrons. The number of hydrogen-bond donors (Lipinski definition) is 1. The highest BCUT2D eigenvalue weighted by molar-refractivity contribution is 8.00. The number of carbonyl (C=O) groups excluding carboxylic acids is 1. The molecule has 7 rings (SSSR count). The molecule has 2 saturated carbocycles. The summed E-state index contributed by atoms with van der Waals surface area (Å²) in [6, 6.07) is 23.1. The Balaban J connectivity index is 1.23. The van der Waals surface area contributed by atoms with Gasteiger partial charge in [0.15, 0.2) is 0 Å².